The standard InChI is InChI=1S/C25H27N3O3S2/c1-3-27(4-2)21-12-10-19(11-13-21)17-26-33(30,31)22-14-15-23-24(16-22)32-25(29)28(23)18-20-8-6-5-7-9-20/h5-16,26H,3-4,17-18H2,1-2H3. The SMILES string of the molecule is CCN(CC)c1ccc(CNS(=O)(=O)c2ccc3c(c2)sc(=O)n3Cc2ccccc2)cc1. The Hall–Kier alpha value is -2.94. The Balaban J connectivity index is 1.51. The van der Waals surface area contributed by atoms with Gasteiger partial charge in [0.15, 0.2) is 0 Å². The first kappa shape index (κ1) is 23.2. The Kier molecular flexibility index (Phi) is 6.97. The van der Waals surface area contributed by atoms with Crippen molar-refractivity contribution in [3.8, 4) is 0 Å². The third kappa shape index (κ3) is 5.19. The summed E-state index contributed by atoms with van der Waals surface area (Å²) < 4.78 is 30.8. The van der Waals surface area contributed by atoms with Gasteiger partial charge in [0.05, 0.1) is 21.7 Å². The van der Waals surface area contributed by atoms with Gasteiger partial charge < -0.3 is 4.90 Å². The van der Waals surface area contributed by atoms with Crippen molar-refractivity contribution >= 4 is 37.3 Å². The summed E-state index contributed by atoms with van der Waals surface area (Å²) in [4.78, 5) is 14.8. The van der Waals surface area contributed by atoms with Crippen LogP contribution in [0.25, 0.3) is 10.2 Å². The molecule has 0 spiro atoms. The van der Waals surface area contributed by atoms with E-state index in [0.29, 0.717) is 11.2 Å². The molecular weight excluding hydrogens is 454 g/mol. The van der Waals surface area contributed by atoms with Crippen molar-refractivity contribution in [2.45, 2.75) is 31.8 Å². The molecule has 172 valence electrons. The van der Waals surface area contributed by atoms with Gasteiger partial charge >= 0.3 is 4.87 Å². The molecular formula is C25H27N3O3S2. The van der Waals surface area contributed by atoms with E-state index < -0.39 is 10.0 Å². The minimum Gasteiger partial charge on any atom is -0.372 e. The van der Waals surface area contributed by atoms with E-state index in [4.69, 9.17) is 0 Å². The molecule has 0 aliphatic carbocycles. The Morgan fingerprint density at radius 2 is 1.61 bits per heavy atom. The monoisotopic (exact) mass is 481 g/mol. The number of nitrogens with zero attached hydrogens (tertiary/aromatic N) is 2. The van der Waals surface area contributed by atoms with Crippen molar-refractivity contribution in [2.75, 3.05) is 18.0 Å². The third-order valence-corrected chi connectivity index (χ3v) is 8.01. The van der Waals surface area contributed by atoms with Crippen molar-refractivity contribution in [2.24, 2.45) is 0 Å². The minimum atomic E-state index is -3.71. The molecule has 4 rings (SSSR count). The maximum Gasteiger partial charge on any atom is 0.308 e. The van der Waals surface area contributed by atoms with Gasteiger partial charge in [-0.05, 0) is 55.3 Å². The molecule has 0 saturated carbocycles. The van der Waals surface area contributed by atoms with Crippen molar-refractivity contribution in [1.29, 1.82) is 0 Å². The van der Waals surface area contributed by atoms with Gasteiger partial charge in [-0.3, -0.25) is 9.36 Å². The molecule has 1 N–H and O–H groups in total. The first-order chi connectivity index (χ1) is 15.9. The van der Waals surface area contributed by atoms with Crippen LogP contribution in [-0.2, 0) is 23.1 Å². The fraction of sp³-hybridized carbons (Fsp3) is 0.240. The number of sulfonamides is 1. The lowest BCUT2D eigenvalue weighted by Gasteiger charge is -2.21. The summed E-state index contributed by atoms with van der Waals surface area (Å²) in [6.45, 7) is 6.70. The van der Waals surface area contributed by atoms with Gasteiger partial charge in [0, 0.05) is 25.3 Å². The van der Waals surface area contributed by atoms with Crippen LogP contribution >= 0.6 is 11.3 Å². The lowest BCUT2D eigenvalue weighted by atomic mass is 10.2. The molecule has 0 amide bonds. The van der Waals surface area contributed by atoms with E-state index in [1.165, 1.54) is 0 Å². The Labute approximate surface area is 198 Å². The molecule has 0 unspecified atom stereocenters. The summed E-state index contributed by atoms with van der Waals surface area (Å²) in [6, 6.07) is 22.5. The van der Waals surface area contributed by atoms with Gasteiger partial charge in [0.1, 0.15) is 0 Å². The molecule has 0 atom stereocenters. The highest BCUT2D eigenvalue weighted by molar-refractivity contribution is 7.89. The van der Waals surface area contributed by atoms with Gasteiger partial charge in [-0.1, -0.05) is 53.8 Å². The molecule has 1 heterocycles. The zero-order chi connectivity index (χ0) is 23.4. The number of rotatable bonds is 9. The molecule has 33 heavy (non-hydrogen) atoms. The van der Waals surface area contributed by atoms with Crippen LogP contribution in [0.3, 0.4) is 0 Å². The molecule has 0 bridgehead atoms. The van der Waals surface area contributed by atoms with Crippen LogP contribution < -0.4 is 14.5 Å². The summed E-state index contributed by atoms with van der Waals surface area (Å²) in [7, 11) is -3.71. The van der Waals surface area contributed by atoms with Crippen LogP contribution in [0.1, 0.15) is 25.0 Å². The predicted octanol–water partition coefficient (Wildman–Crippen LogP) is 4.44. The number of hydrogen-bond acceptors (Lipinski definition) is 5. The van der Waals surface area contributed by atoms with Crippen molar-refractivity contribution in [3.05, 3.63) is 93.6 Å². The second-order valence-electron chi connectivity index (χ2n) is 7.73. The van der Waals surface area contributed by atoms with Crippen molar-refractivity contribution in [1.82, 2.24) is 9.29 Å². The fourth-order valence-electron chi connectivity index (χ4n) is 3.80. The number of aromatic nitrogens is 1. The van der Waals surface area contributed by atoms with Gasteiger partial charge in [0.25, 0.3) is 0 Å². The van der Waals surface area contributed by atoms with Crippen LogP contribution in [0.15, 0.2) is 82.5 Å². The number of benzene rings is 3. The minimum absolute atomic E-state index is 0.107. The molecule has 0 aliphatic heterocycles. The summed E-state index contributed by atoms with van der Waals surface area (Å²) >= 11 is 1.06. The molecule has 3 aromatic carbocycles. The van der Waals surface area contributed by atoms with E-state index >= 15 is 0 Å². The van der Waals surface area contributed by atoms with Gasteiger partial charge in [0.2, 0.25) is 10.0 Å². The average Bonchev–Trinajstić information content (AvgIpc) is 3.14. The number of thiazole rings is 1. The van der Waals surface area contributed by atoms with E-state index in [1.54, 1.807) is 22.8 Å². The number of hydrogen-bond donors (Lipinski definition) is 1. The van der Waals surface area contributed by atoms with Crippen LogP contribution in [0.5, 0.6) is 0 Å². The first-order valence-electron chi connectivity index (χ1n) is 10.9. The highest BCUT2D eigenvalue weighted by Crippen LogP contribution is 2.23. The van der Waals surface area contributed by atoms with E-state index in [-0.39, 0.29) is 16.3 Å². The van der Waals surface area contributed by atoms with Crippen LogP contribution in [0, 0.1) is 0 Å². The van der Waals surface area contributed by atoms with Gasteiger partial charge in [-0.15, -0.1) is 0 Å². The largest absolute Gasteiger partial charge is 0.372 e. The van der Waals surface area contributed by atoms with E-state index in [0.717, 1.165) is 46.8 Å². The molecule has 4 aromatic rings. The molecule has 0 saturated heterocycles. The topological polar surface area (TPSA) is 71.4 Å². The zero-order valence-corrected chi connectivity index (χ0v) is 20.3. The van der Waals surface area contributed by atoms with E-state index in [2.05, 4.69) is 23.5 Å². The van der Waals surface area contributed by atoms with Crippen LogP contribution in [-0.4, -0.2) is 26.1 Å². The highest BCUT2D eigenvalue weighted by Gasteiger charge is 2.17. The zero-order valence-electron chi connectivity index (χ0n) is 18.7. The van der Waals surface area contributed by atoms with E-state index in [9.17, 15) is 13.2 Å². The molecule has 0 aliphatic rings. The van der Waals surface area contributed by atoms with Gasteiger partial charge in [-0.2, -0.15) is 0 Å². The Morgan fingerprint density at radius 1 is 0.909 bits per heavy atom. The lowest BCUT2D eigenvalue weighted by molar-refractivity contribution is 0.581. The molecule has 0 fully saturated rings. The molecule has 1 aromatic heterocycles. The summed E-state index contributed by atoms with van der Waals surface area (Å²) in [5.74, 6) is 0. The number of fused-ring (bicyclic) bond motifs is 1. The molecule has 8 heteroatoms. The summed E-state index contributed by atoms with van der Waals surface area (Å²) in [5, 5.41) is 0. The number of nitrogens with one attached hydrogen (secondary N) is 1. The predicted molar refractivity (Wildman–Crippen MR) is 136 cm³/mol. The van der Waals surface area contributed by atoms with E-state index in [1.807, 2.05) is 54.6 Å². The third-order valence-electron chi connectivity index (χ3n) is 5.66. The maximum atomic E-state index is 12.9. The van der Waals surface area contributed by atoms with Crippen LogP contribution in [0.2, 0.25) is 0 Å². The smallest absolute Gasteiger partial charge is 0.308 e. The quantitative estimate of drug-likeness (QED) is 0.384. The highest BCUT2D eigenvalue weighted by atomic mass is 32.2. The molecule has 0 radical (unpaired) electrons. The molecule has 6 nitrogen and oxygen atoms in total. The normalized spacial score (nSPS) is 11.7. The van der Waals surface area contributed by atoms with Crippen molar-refractivity contribution < 1.29 is 8.42 Å². The van der Waals surface area contributed by atoms with Crippen LogP contribution in [0.4, 0.5) is 5.69 Å². The Morgan fingerprint density at radius 3 is 2.27 bits per heavy atom. The van der Waals surface area contributed by atoms with Crippen molar-refractivity contribution in [3.63, 3.8) is 0 Å². The second-order valence-corrected chi connectivity index (χ2v) is 10.5. The average molecular weight is 482 g/mol. The lowest BCUT2D eigenvalue weighted by Crippen LogP contribution is -2.24. The second kappa shape index (κ2) is 9.91. The fourth-order valence-corrected chi connectivity index (χ4v) is 5.85. The number of anilines is 1. The van der Waals surface area contributed by atoms with Gasteiger partial charge in [-0.25, -0.2) is 13.1 Å². The maximum absolute atomic E-state index is 12.9. The first-order valence-corrected chi connectivity index (χ1v) is 13.2. The summed E-state index contributed by atoms with van der Waals surface area (Å²) in [5.41, 5.74) is 3.76. The Bertz CT molecular complexity index is 1390. The summed E-state index contributed by atoms with van der Waals surface area (Å²) in [6.07, 6.45) is 0.